The molecule has 0 aromatic heterocycles. The first-order valence-corrected chi connectivity index (χ1v) is 9.40. The van der Waals surface area contributed by atoms with Gasteiger partial charge in [0.05, 0.1) is 12.6 Å². The van der Waals surface area contributed by atoms with E-state index in [0.29, 0.717) is 12.1 Å². The Morgan fingerprint density at radius 2 is 1.63 bits per heavy atom. The van der Waals surface area contributed by atoms with E-state index >= 15 is 0 Å². The quantitative estimate of drug-likeness (QED) is 0.632. The van der Waals surface area contributed by atoms with Gasteiger partial charge >= 0.3 is 0 Å². The molecule has 0 atom stereocenters. The van der Waals surface area contributed by atoms with Gasteiger partial charge in [0.25, 0.3) is 5.91 Å². The number of rotatable bonds is 10. The van der Waals surface area contributed by atoms with Gasteiger partial charge in [-0.3, -0.25) is 9.59 Å². The van der Waals surface area contributed by atoms with Gasteiger partial charge in [0.1, 0.15) is 5.75 Å². The highest BCUT2D eigenvalue weighted by atomic mass is 16.5. The molecule has 0 fully saturated rings. The molecule has 144 valence electrons. The molecule has 0 aliphatic heterocycles. The summed E-state index contributed by atoms with van der Waals surface area (Å²) in [5.41, 5.74) is 1.81. The lowest BCUT2D eigenvalue weighted by Gasteiger charge is -2.10. The van der Waals surface area contributed by atoms with Gasteiger partial charge in [-0.2, -0.15) is 0 Å². The zero-order valence-electron chi connectivity index (χ0n) is 16.0. The Kier molecular flexibility index (Phi) is 8.36. The summed E-state index contributed by atoms with van der Waals surface area (Å²) in [6.07, 6.45) is 3.01. The third kappa shape index (κ3) is 7.94. The van der Waals surface area contributed by atoms with Crippen molar-refractivity contribution in [3.63, 3.8) is 0 Å². The van der Waals surface area contributed by atoms with Crippen LogP contribution >= 0.6 is 0 Å². The standard InChI is InChI=1S/C22H28N2O3/c1-17(2)27-20-13-11-19(12-14-20)22(26)24-16-21(25)23-15-7-6-10-18-8-4-3-5-9-18/h3-5,8-9,11-14,17H,6-7,10,15-16H2,1-2H3,(H,23,25)(H,24,26). The maximum atomic E-state index is 12.1. The van der Waals surface area contributed by atoms with Crippen molar-refractivity contribution in [1.29, 1.82) is 0 Å². The lowest BCUT2D eigenvalue weighted by atomic mass is 10.1. The minimum absolute atomic E-state index is 0.0260. The minimum Gasteiger partial charge on any atom is -0.491 e. The number of hydrogen-bond donors (Lipinski definition) is 2. The lowest BCUT2D eigenvalue weighted by Crippen LogP contribution is -2.37. The van der Waals surface area contributed by atoms with Crippen LogP contribution in [0.15, 0.2) is 54.6 Å². The molecule has 0 bridgehead atoms. The molecular formula is C22H28N2O3. The summed E-state index contributed by atoms with van der Waals surface area (Å²) in [5.74, 6) is 0.267. The molecule has 5 heteroatoms. The smallest absolute Gasteiger partial charge is 0.251 e. The number of amides is 2. The Labute approximate surface area is 161 Å². The molecule has 0 saturated heterocycles. The molecule has 0 heterocycles. The molecule has 0 saturated carbocycles. The van der Waals surface area contributed by atoms with E-state index in [2.05, 4.69) is 22.8 Å². The summed E-state index contributed by atoms with van der Waals surface area (Å²) in [7, 11) is 0. The van der Waals surface area contributed by atoms with Gasteiger partial charge in [-0.15, -0.1) is 0 Å². The molecule has 2 aromatic rings. The van der Waals surface area contributed by atoms with E-state index in [1.165, 1.54) is 5.56 Å². The van der Waals surface area contributed by atoms with Gasteiger partial charge < -0.3 is 15.4 Å². The van der Waals surface area contributed by atoms with Crippen molar-refractivity contribution >= 4 is 11.8 Å². The number of hydrogen-bond acceptors (Lipinski definition) is 3. The second-order valence-corrected chi connectivity index (χ2v) is 6.67. The van der Waals surface area contributed by atoms with Crippen molar-refractivity contribution < 1.29 is 14.3 Å². The van der Waals surface area contributed by atoms with Gasteiger partial charge in [0.15, 0.2) is 0 Å². The van der Waals surface area contributed by atoms with Crippen LogP contribution in [0, 0.1) is 0 Å². The zero-order valence-corrected chi connectivity index (χ0v) is 16.0. The maximum absolute atomic E-state index is 12.1. The summed E-state index contributed by atoms with van der Waals surface area (Å²) < 4.78 is 5.54. The molecule has 2 aromatic carbocycles. The Morgan fingerprint density at radius 1 is 0.926 bits per heavy atom. The SMILES string of the molecule is CC(C)Oc1ccc(C(=O)NCC(=O)NCCCCc2ccccc2)cc1. The van der Waals surface area contributed by atoms with Gasteiger partial charge in [-0.1, -0.05) is 30.3 Å². The summed E-state index contributed by atoms with van der Waals surface area (Å²) in [6, 6.07) is 17.2. The van der Waals surface area contributed by atoms with Crippen LogP contribution < -0.4 is 15.4 Å². The highest BCUT2D eigenvalue weighted by Gasteiger charge is 2.08. The Hall–Kier alpha value is -2.82. The number of nitrogens with one attached hydrogen (secondary N) is 2. The fraction of sp³-hybridized carbons (Fsp3) is 0.364. The number of aryl methyl sites for hydroxylation is 1. The van der Waals surface area contributed by atoms with Gasteiger partial charge in [-0.05, 0) is 62.9 Å². The van der Waals surface area contributed by atoms with Crippen LogP contribution in [0.2, 0.25) is 0 Å². The van der Waals surface area contributed by atoms with E-state index in [-0.39, 0.29) is 24.5 Å². The molecular weight excluding hydrogens is 340 g/mol. The monoisotopic (exact) mass is 368 g/mol. The number of unbranched alkanes of at least 4 members (excludes halogenated alkanes) is 1. The normalized spacial score (nSPS) is 10.5. The number of benzene rings is 2. The number of ether oxygens (including phenoxy) is 1. The topological polar surface area (TPSA) is 67.4 Å². The molecule has 5 nitrogen and oxygen atoms in total. The molecule has 0 aliphatic carbocycles. The van der Waals surface area contributed by atoms with E-state index < -0.39 is 0 Å². The third-order valence-corrected chi connectivity index (χ3v) is 3.96. The Balaban J connectivity index is 1.61. The van der Waals surface area contributed by atoms with E-state index in [1.54, 1.807) is 24.3 Å². The molecule has 27 heavy (non-hydrogen) atoms. The highest BCUT2D eigenvalue weighted by Crippen LogP contribution is 2.13. The molecule has 2 N–H and O–H groups in total. The summed E-state index contributed by atoms with van der Waals surface area (Å²) in [5, 5.41) is 5.47. The predicted molar refractivity (Wildman–Crippen MR) is 107 cm³/mol. The molecule has 0 unspecified atom stereocenters. The van der Waals surface area contributed by atoms with Crippen LogP contribution in [-0.2, 0) is 11.2 Å². The van der Waals surface area contributed by atoms with Crippen LogP contribution in [0.25, 0.3) is 0 Å². The van der Waals surface area contributed by atoms with Crippen molar-refractivity contribution in [2.24, 2.45) is 0 Å². The van der Waals surface area contributed by atoms with Crippen LogP contribution in [0.1, 0.15) is 42.6 Å². The van der Waals surface area contributed by atoms with E-state index in [0.717, 1.165) is 25.0 Å². The van der Waals surface area contributed by atoms with Crippen LogP contribution in [0.5, 0.6) is 5.75 Å². The molecule has 0 spiro atoms. The Bertz CT molecular complexity index is 712. The second-order valence-electron chi connectivity index (χ2n) is 6.67. The van der Waals surface area contributed by atoms with Crippen LogP contribution in [0.3, 0.4) is 0 Å². The second kappa shape index (κ2) is 11.0. The zero-order chi connectivity index (χ0) is 19.5. The van der Waals surface area contributed by atoms with Crippen LogP contribution in [-0.4, -0.2) is 31.0 Å². The minimum atomic E-state index is -0.273. The van der Waals surface area contributed by atoms with Crippen molar-refractivity contribution in [1.82, 2.24) is 10.6 Å². The van der Waals surface area contributed by atoms with Gasteiger partial charge in [0.2, 0.25) is 5.91 Å². The van der Waals surface area contributed by atoms with Gasteiger partial charge in [0, 0.05) is 12.1 Å². The predicted octanol–water partition coefficient (Wildman–Crippen LogP) is 3.34. The number of carbonyl (C=O) groups is 2. The van der Waals surface area contributed by atoms with Gasteiger partial charge in [-0.25, -0.2) is 0 Å². The first-order chi connectivity index (χ1) is 13.0. The van der Waals surface area contributed by atoms with E-state index in [4.69, 9.17) is 4.74 Å². The molecule has 2 rings (SSSR count). The first kappa shape index (κ1) is 20.5. The summed E-state index contributed by atoms with van der Waals surface area (Å²) in [6.45, 7) is 4.48. The Morgan fingerprint density at radius 3 is 2.30 bits per heavy atom. The maximum Gasteiger partial charge on any atom is 0.251 e. The third-order valence-electron chi connectivity index (χ3n) is 3.96. The van der Waals surface area contributed by atoms with Crippen molar-refractivity contribution in [2.45, 2.75) is 39.2 Å². The summed E-state index contributed by atoms with van der Waals surface area (Å²) >= 11 is 0. The van der Waals surface area contributed by atoms with Crippen molar-refractivity contribution in [2.75, 3.05) is 13.1 Å². The molecule has 0 aliphatic rings. The fourth-order valence-electron chi connectivity index (χ4n) is 2.61. The lowest BCUT2D eigenvalue weighted by molar-refractivity contribution is -0.120. The van der Waals surface area contributed by atoms with E-state index in [9.17, 15) is 9.59 Å². The molecule has 0 radical (unpaired) electrons. The van der Waals surface area contributed by atoms with Crippen molar-refractivity contribution in [3.8, 4) is 5.75 Å². The van der Waals surface area contributed by atoms with Crippen LogP contribution in [0.4, 0.5) is 0 Å². The molecule has 2 amide bonds. The average molecular weight is 368 g/mol. The largest absolute Gasteiger partial charge is 0.491 e. The van der Waals surface area contributed by atoms with Crippen molar-refractivity contribution in [3.05, 3.63) is 65.7 Å². The highest BCUT2D eigenvalue weighted by molar-refractivity contribution is 5.96. The first-order valence-electron chi connectivity index (χ1n) is 9.40. The average Bonchev–Trinajstić information content (AvgIpc) is 2.67. The van der Waals surface area contributed by atoms with E-state index in [1.807, 2.05) is 32.0 Å². The fourth-order valence-corrected chi connectivity index (χ4v) is 2.61. The summed E-state index contributed by atoms with van der Waals surface area (Å²) in [4.78, 5) is 23.9. The number of carbonyl (C=O) groups excluding carboxylic acids is 2.